The molecule has 0 aliphatic carbocycles. The molecule has 32 heavy (non-hydrogen) atoms. The van der Waals surface area contributed by atoms with Crippen LogP contribution in [0.5, 0.6) is 12.0 Å². The fourth-order valence-electron chi connectivity index (χ4n) is 3.28. The molecule has 1 aromatic carbocycles. The molecule has 1 atom stereocenters. The predicted octanol–water partition coefficient (Wildman–Crippen LogP) is 4.44. The highest BCUT2D eigenvalue weighted by molar-refractivity contribution is 5.81. The fraction of sp³-hybridized carbons (Fsp3) is 0.348. The number of nitrogens with zero attached hydrogens (tertiary/aromatic N) is 4. The zero-order valence-corrected chi connectivity index (χ0v) is 18.4. The highest BCUT2D eigenvalue weighted by Crippen LogP contribution is 2.34. The Hall–Kier alpha value is -3.75. The van der Waals surface area contributed by atoms with Crippen LogP contribution >= 0.6 is 0 Å². The van der Waals surface area contributed by atoms with Crippen LogP contribution in [0.25, 0.3) is 11.1 Å². The van der Waals surface area contributed by atoms with Crippen LogP contribution in [0.15, 0.2) is 43.0 Å². The van der Waals surface area contributed by atoms with Crippen LogP contribution in [0, 0.1) is 0 Å². The van der Waals surface area contributed by atoms with Crippen molar-refractivity contribution < 1.29 is 19.4 Å². The number of carbonyl (C=O) groups is 1. The first-order chi connectivity index (χ1) is 15.5. The molecular weight excluding hydrogens is 410 g/mol. The average molecular weight is 438 g/mol. The molecule has 2 N–H and O–H groups in total. The van der Waals surface area contributed by atoms with E-state index in [0.29, 0.717) is 37.3 Å². The summed E-state index contributed by atoms with van der Waals surface area (Å²) in [6, 6.07) is 6.47. The van der Waals surface area contributed by atoms with Crippen LogP contribution in [0.3, 0.4) is 0 Å². The van der Waals surface area contributed by atoms with Gasteiger partial charge in [-0.3, -0.25) is 4.79 Å². The van der Waals surface area contributed by atoms with Gasteiger partial charge in [-0.2, -0.15) is 0 Å². The van der Waals surface area contributed by atoms with E-state index < -0.39 is 5.97 Å². The Bertz CT molecular complexity index is 1030. The quantitative estimate of drug-likeness (QED) is 0.448. The molecular formula is C23H27N5O4. The molecule has 0 bridgehead atoms. The van der Waals surface area contributed by atoms with E-state index in [1.54, 1.807) is 24.8 Å². The van der Waals surface area contributed by atoms with Crippen LogP contribution < -0.4 is 14.8 Å². The first kappa shape index (κ1) is 22.9. The van der Waals surface area contributed by atoms with E-state index in [-0.39, 0.29) is 12.3 Å². The molecule has 9 nitrogen and oxygen atoms in total. The number of aromatic nitrogens is 4. The molecule has 3 aromatic rings. The van der Waals surface area contributed by atoms with Gasteiger partial charge in [0.05, 0.1) is 37.7 Å². The summed E-state index contributed by atoms with van der Waals surface area (Å²) in [7, 11) is 0. The van der Waals surface area contributed by atoms with Crippen molar-refractivity contribution >= 4 is 17.3 Å². The van der Waals surface area contributed by atoms with Gasteiger partial charge in [0.2, 0.25) is 0 Å². The molecule has 2 aromatic heterocycles. The highest BCUT2D eigenvalue weighted by Gasteiger charge is 2.17. The number of aliphatic carboxylic acids is 1. The molecule has 168 valence electrons. The molecule has 0 spiro atoms. The summed E-state index contributed by atoms with van der Waals surface area (Å²) >= 11 is 0. The topological polar surface area (TPSA) is 119 Å². The molecule has 0 aliphatic heterocycles. The average Bonchev–Trinajstić information content (AvgIpc) is 2.80. The zero-order valence-electron chi connectivity index (χ0n) is 18.4. The van der Waals surface area contributed by atoms with E-state index in [0.717, 1.165) is 22.4 Å². The maximum Gasteiger partial charge on any atom is 0.316 e. The fourth-order valence-corrected chi connectivity index (χ4v) is 3.28. The minimum absolute atomic E-state index is 0.0631. The maximum atomic E-state index is 11.3. The van der Waals surface area contributed by atoms with Crippen LogP contribution in [-0.4, -0.2) is 44.2 Å². The maximum absolute atomic E-state index is 11.3. The Labute approximate surface area is 186 Å². The number of ether oxygens (including phenoxy) is 2. The lowest BCUT2D eigenvalue weighted by atomic mass is 9.91. The van der Waals surface area contributed by atoms with Crippen LogP contribution in [0.2, 0.25) is 0 Å². The smallest absolute Gasteiger partial charge is 0.316 e. The molecule has 2 heterocycles. The first-order valence-corrected chi connectivity index (χ1v) is 10.6. The number of benzene rings is 1. The summed E-state index contributed by atoms with van der Waals surface area (Å²) in [6.07, 6.45) is 7.44. The van der Waals surface area contributed by atoms with E-state index in [2.05, 4.69) is 25.3 Å². The highest BCUT2D eigenvalue weighted by atomic mass is 16.5. The second kappa shape index (κ2) is 11.0. The molecule has 0 amide bonds. The summed E-state index contributed by atoms with van der Waals surface area (Å²) in [6.45, 7) is 6.69. The van der Waals surface area contributed by atoms with Crippen molar-refractivity contribution in [2.45, 2.75) is 39.5 Å². The van der Waals surface area contributed by atoms with E-state index in [9.17, 15) is 9.90 Å². The van der Waals surface area contributed by atoms with Crippen molar-refractivity contribution in [1.82, 2.24) is 19.9 Å². The van der Waals surface area contributed by atoms with Gasteiger partial charge in [0, 0.05) is 29.2 Å². The normalized spacial score (nSPS) is 11.6. The summed E-state index contributed by atoms with van der Waals surface area (Å²) in [5, 5.41) is 12.6. The minimum atomic E-state index is -0.824. The van der Waals surface area contributed by atoms with Crippen molar-refractivity contribution in [2.24, 2.45) is 0 Å². The number of hydrogen-bond acceptors (Lipinski definition) is 8. The van der Waals surface area contributed by atoms with E-state index >= 15 is 0 Å². The van der Waals surface area contributed by atoms with Gasteiger partial charge < -0.3 is 19.9 Å². The Morgan fingerprint density at radius 3 is 2.09 bits per heavy atom. The number of carboxylic acids is 1. The van der Waals surface area contributed by atoms with Crippen molar-refractivity contribution in [2.75, 3.05) is 18.5 Å². The molecule has 1 unspecified atom stereocenters. The van der Waals surface area contributed by atoms with Crippen molar-refractivity contribution in [3.63, 3.8) is 0 Å². The third kappa shape index (κ3) is 5.90. The van der Waals surface area contributed by atoms with Gasteiger partial charge in [-0.05, 0) is 37.8 Å². The summed E-state index contributed by atoms with van der Waals surface area (Å²) in [5.74, 6) is -0.925. The number of hydrogen-bond donors (Lipinski definition) is 2. The summed E-state index contributed by atoms with van der Waals surface area (Å²) in [4.78, 5) is 28.2. The van der Waals surface area contributed by atoms with E-state index in [4.69, 9.17) is 9.47 Å². The molecule has 0 aliphatic rings. The second-order valence-electron chi connectivity index (χ2n) is 7.01. The van der Waals surface area contributed by atoms with Gasteiger partial charge in [0.25, 0.3) is 0 Å². The molecule has 0 saturated heterocycles. The second-order valence-corrected chi connectivity index (χ2v) is 7.01. The largest absolute Gasteiger partial charge is 0.481 e. The lowest BCUT2D eigenvalue weighted by Crippen LogP contribution is -2.06. The predicted molar refractivity (Wildman–Crippen MR) is 120 cm³/mol. The van der Waals surface area contributed by atoms with Crippen molar-refractivity contribution in [3.8, 4) is 23.1 Å². The molecule has 3 rings (SSSR count). The Morgan fingerprint density at radius 2 is 1.56 bits per heavy atom. The van der Waals surface area contributed by atoms with Gasteiger partial charge in [-0.15, -0.1) is 0 Å². The number of nitrogens with one attached hydrogen (secondary N) is 1. The molecule has 0 fully saturated rings. The van der Waals surface area contributed by atoms with E-state index in [1.165, 1.54) is 0 Å². The van der Waals surface area contributed by atoms with Gasteiger partial charge in [-0.25, -0.2) is 19.9 Å². The number of anilines is 2. The SMILES string of the molecule is CCOc1ncc(Nc2cc(C(CC)CC(=O)O)ccc2-c2cnc(OCC)nc2)cn1. The monoisotopic (exact) mass is 437 g/mol. The van der Waals surface area contributed by atoms with Gasteiger partial charge >= 0.3 is 18.0 Å². The first-order valence-electron chi connectivity index (χ1n) is 10.6. The Morgan fingerprint density at radius 1 is 0.969 bits per heavy atom. The van der Waals surface area contributed by atoms with Gasteiger partial charge in [0.1, 0.15) is 0 Å². The van der Waals surface area contributed by atoms with E-state index in [1.807, 2.05) is 39.0 Å². The Balaban J connectivity index is 1.98. The van der Waals surface area contributed by atoms with Gasteiger partial charge in [0.15, 0.2) is 0 Å². The lowest BCUT2D eigenvalue weighted by Gasteiger charge is -2.18. The van der Waals surface area contributed by atoms with Crippen molar-refractivity contribution in [3.05, 3.63) is 48.5 Å². The number of rotatable bonds is 11. The zero-order chi connectivity index (χ0) is 22.9. The third-order valence-corrected chi connectivity index (χ3v) is 4.82. The lowest BCUT2D eigenvalue weighted by molar-refractivity contribution is -0.137. The van der Waals surface area contributed by atoms with Crippen molar-refractivity contribution in [1.29, 1.82) is 0 Å². The Kier molecular flexibility index (Phi) is 7.91. The third-order valence-electron chi connectivity index (χ3n) is 4.82. The summed E-state index contributed by atoms with van der Waals surface area (Å²) in [5.41, 5.74) is 4.02. The standard InChI is InChI=1S/C23H27N5O4/c1-4-15(10-21(29)30)16-7-8-19(17-11-24-22(25-12-17)31-5-2)20(9-16)28-18-13-26-23(27-14-18)32-6-3/h7-9,11-15,28H,4-6,10H2,1-3H3,(H,29,30). The van der Waals surface area contributed by atoms with Crippen LogP contribution in [0.1, 0.15) is 45.1 Å². The molecule has 0 saturated carbocycles. The number of carboxylic acid groups (broad SMARTS) is 1. The molecule has 0 radical (unpaired) electrons. The van der Waals surface area contributed by atoms with Gasteiger partial charge in [-0.1, -0.05) is 19.1 Å². The van der Waals surface area contributed by atoms with Crippen LogP contribution in [0.4, 0.5) is 11.4 Å². The molecule has 9 heteroatoms. The van der Waals surface area contributed by atoms with Crippen LogP contribution in [-0.2, 0) is 4.79 Å². The summed E-state index contributed by atoms with van der Waals surface area (Å²) < 4.78 is 10.6. The minimum Gasteiger partial charge on any atom is -0.481 e.